The van der Waals surface area contributed by atoms with Gasteiger partial charge in [0, 0.05) is 16.8 Å². The van der Waals surface area contributed by atoms with Crippen molar-refractivity contribution in [3.8, 4) is 0 Å². The summed E-state index contributed by atoms with van der Waals surface area (Å²) in [5.74, 6) is -0.0194. The number of para-hydroxylation sites is 1. The van der Waals surface area contributed by atoms with Gasteiger partial charge in [-0.25, -0.2) is 0 Å². The van der Waals surface area contributed by atoms with Crippen LogP contribution < -0.4 is 10.6 Å². The molecule has 0 fully saturated rings. The fraction of sp³-hybridized carbons (Fsp3) is 0.0714. The largest absolute Gasteiger partial charge is 0.362 e. The standard InChI is InChI=1S/C14H12N2O/c17-14-12-9-5-4-8-11(12)13(16-14)15-10-6-2-1-3-7-10/h1-9,13,15H,(H,16,17)/t13-/m0/s1. The lowest BCUT2D eigenvalue weighted by atomic mass is 10.1. The summed E-state index contributed by atoms with van der Waals surface area (Å²) in [5, 5.41) is 6.21. The smallest absolute Gasteiger partial charge is 0.253 e. The normalized spacial score (nSPS) is 17.4. The van der Waals surface area contributed by atoms with Crippen LogP contribution in [0.15, 0.2) is 54.6 Å². The Morgan fingerprint density at radius 1 is 0.941 bits per heavy atom. The number of anilines is 1. The Kier molecular flexibility index (Phi) is 2.29. The van der Waals surface area contributed by atoms with E-state index in [1.807, 2.05) is 54.6 Å². The molecule has 0 aliphatic carbocycles. The van der Waals surface area contributed by atoms with Crippen LogP contribution in [0.4, 0.5) is 5.69 Å². The van der Waals surface area contributed by atoms with Gasteiger partial charge in [0.2, 0.25) is 0 Å². The molecule has 2 N–H and O–H groups in total. The van der Waals surface area contributed by atoms with Crippen molar-refractivity contribution in [1.29, 1.82) is 0 Å². The van der Waals surface area contributed by atoms with Crippen LogP contribution in [0.5, 0.6) is 0 Å². The second-order valence-corrected chi connectivity index (χ2v) is 4.00. The minimum Gasteiger partial charge on any atom is -0.362 e. The molecule has 3 nitrogen and oxygen atoms in total. The summed E-state index contributed by atoms with van der Waals surface area (Å²) in [5.41, 5.74) is 2.75. The van der Waals surface area contributed by atoms with Crippen LogP contribution in [0.2, 0.25) is 0 Å². The van der Waals surface area contributed by atoms with E-state index in [1.54, 1.807) is 0 Å². The van der Waals surface area contributed by atoms with Gasteiger partial charge in [0.15, 0.2) is 0 Å². The Labute approximate surface area is 99.5 Å². The number of benzene rings is 2. The van der Waals surface area contributed by atoms with Crippen molar-refractivity contribution in [3.63, 3.8) is 0 Å². The minimum atomic E-state index is -0.138. The maximum atomic E-state index is 11.7. The average molecular weight is 224 g/mol. The number of carbonyl (C=O) groups is 1. The fourth-order valence-corrected chi connectivity index (χ4v) is 2.06. The predicted octanol–water partition coefficient (Wildman–Crippen LogP) is 2.54. The van der Waals surface area contributed by atoms with E-state index in [2.05, 4.69) is 10.6 Å². The summed E-state index contributed by atoms with van der Waals surface area (Å²) < 4.78 is 0. The number of amides is 1. The van der Waals surface area contributed by atoms with E-state index >= 15 is 0 Å². The van der Waals surface area contributed by atoms with Gasteiger partial charge in [-0.15, -0.1) is 0 Å². The Morgan fingerprint density at radius 3 is 2.47 bits per heavy atom. The number of hydrogen-bond donors (Lipinski definition) is 2. The van der Waals surface area contributed by atoms with Gasteiger partial charge in [0.05, 0.1) is 0 Å². The number of fused-ring (bicyclic) bond motifs is 1. The van der Waals surface area contributed by atoms with Crippen molar-refractivity contribution in [1.82, 2.24) is 5.32 Å². The quantitative estimate of drug-likeness (QED) is 0.823. The van der Waals surface area contributed by atoms with Gasteiger partial charge in [-0.2, -0.15) is 0 Å². The zero-order valence-electron chi connectivity index (χ0n) is 9.18. The molecule has 1 aliphatic rings. The minimum absolute atomic E-state index is 0.0194. The van der Waals surface area contributed by atoms with Crippen molar-refractivity contribution in [2.24, 2.45) is 0 Å². The Balaban J connectivity index is 1.90. The zero-order chi connectivity index (χ0) is 11.7. The number of carbonyl (C=O) groups excluding carboxylic acids is 1. The van der Waals surface area contributed by atoms with Crippen molar-refractivity contribution < 1.29 is 4.79 Å². The van der Waals surface area contributed by atoms with Crippen molar-refractivity contribution in [2.45, 2.75) is 6.17 Å². The third kappa shape index (κ3) is 1.76. The number of nitrogens with one attached hydrogen (secondary N) is 2. The van der Waals surface area contributed by atoms with Crippen molar-refractivity contribution >= 4 is 11.6 Å². The van der Waals surface area contributed by atoms with E-state index in [9.17, 15) is 4.79 Å². The summed E-state index contributed by atoms with van der Waals surface area (Å²) in [6, 6.07) is 17.5. The van der Waals surface area contributed by atoms with Crippen LogP contribution in [-0.4, -0.2) is 5.91 Å². The highest BCUT2D eigenvalue weighted by Gasteiger charge is 2.27. The molecule has 17 heavy (non-hydrogen) atoms. The van der Waals surface area contributed by atoms with Gasteiger partial charge in [-0.1, -0.05) is 36.4 Å². The van der Waals surface area contributed by atoms with E-state index in [0.29, 0.717) is 0 Å². The molecule has 2 aromatic carbocycles. The van der Waals surface area contributed by atoms with Crippen LogP contribution in [0.1, 0.15) is 22.1 Å². The van der Waals surface area contributed by atoms with Crippen LogP contribution >= 0.6 is 0 Å². The molecule has 1 aliphatic heterocycles. The first kappa shape index (κ1) is 9.90. The molecule has 0 radical (unpaired) electrons. The van der Waals surface area contributed by atoms with E-state index in [4.69, 9.17) is 0 Å². The highest BCUT2D eigenvalue weighted by molar-refractivity contribution is 5.99. The number of rotatable bonds is 2. The molecule has 1 atom stereocenters. The molecule has 2 aromatic rings. The van der Waals surface area contributed by atoms with Crippen molar-refractivity contribution in [3.05, 3.63) is 65.7 Å². The molecule has 1 amide bonds. The molecular weight excluding hydrogens is 212 g/mol. The SMILES string of the molecule is O=C1N[C@H](Nc2ccccc2)c2ccccc21. The highest BCUT2D eigenvalue weighted by atomic mass is 16.2. The molecule has 1 heterocycles. The third-order valence-electron chi connectivity index (χ3n) is 2.88. The van der Waals surface area contributed by atoms with Crippen LogP contribution in [0.3, 0.4) is 0 Å². The topological polar surface area (TPSA) is 41.1 Å². The molecule has 0 aromatic heterocycles. The van der Waals surface area contributed by atoms with Gasteiger partial charge in [-0.05, 0) is 18.2 Å². The molecule has 3 rings (SSSR count). The predicted molar refractivity (Wildman–Crippen MR) is 66.7 cm³/mol. The second-order valence-electron chi connectivity index (χ2n) is 4.00. The monoisotopic (exact) mass is 224 g/mol. The Morgan fingerprint density at radius 2 is 1.65 bits per heavy atom. The molecule has 0 saturated heterocycles. The van der Waals surface area contributed by atoms with E-state index in [0.717, 1.165) is 16.8 Å². The summed E-state index contributed by atoms with van der Waals surface area (Å²) in [7, 11) is 0. The first-order valence-electron chi connectivity index (χ1n) is 5.56. The third-order valence-corrected chi connectivity index (χ3v) is 2.88. The Hall–Kier alpha value is -2.29. The Bertz CT molecular complexity index is 551. The second kappa shape index (κ2) is 3.94. The fourth-order valence-electron chi connectivity index (χ4n) is 2.06. The lowest BCUT2D eigenvalue weighted by molar-refractivity contribution is 0.0959. The maximum Gasteiger partial charge on any atom is 0.253 e. The molecule has 3 heteroatoms. The molecule has 84 valence electrons. The summed E-state index contributed by atoms with van der Waals surface area (Å²) in [6.45, 7) is 0. The summed E-state index contributed by atoms with van der Waals surface area (Å²) >= 11 is 0. The van der Waals surface area contributed by atoms with Gasteiger partial charge < -0.3 is 10.6 Å². The van der Waals surface area contributed by atoms with E-state index in [1.165, 1.54) is 0 Å². The molecule has 0 unspecified atom stereocenters. The zero-order valence-corrected chi connectivity index (χ0v) is 9.18. The van der Waals surface area contributed by atoms with Gasteiger partial charge in [-0.3, -0.25) is 4.79 Å². The van der Waals surface area contributed by atoms with E-state index < -0.39 is 0 Å². The first-order chi connectivity index (χ1) is 8.34. The molecular formula is C14H12N2O. The maximum absolute atomic E-state index is 11.7. The lowest BCUT2D eigenvalue weighted by Gasteiger charge is -2.15. The lowest BCUT2D eigenvalue weighted by Crippen LogP contribution is -2.25. The van der Waals surface area contributed by atoms with Gasteiger partial charge >= 0.3 is 0 Å². The van der Waals surface area contributed by atoms with Crippen LogP contribution in [0.25, 0.3) is 0 Å². The van der Waals surface area contributed by atoms with Gasteiger partial charge in [0.1, 0.15) is 6.17 Å². The van der Waals surface area contributed by atoms with Crippen molar-refractivity contribution in [2.75, 3.05) is 5.32 Å². The molecule has 0 spiro atoms. The molecule has 0 saturated carbocycles. The summed E-state index contributed by atoms with van der Waals surface area (Å²) in [6.07, 6.45) is -0.138. The summed E-state index contributed by atoms with van der Waals surface area (Å²) in [4.78, 5) is 11.7. The average Bonchev–Trinajstić information content (AvgIpc) is 2.69. The highest BCUT2D eigenvalue weighted by Crippen LogP contribution is 2.26. The number of hydrogen-bond acceptors (Lipinski definition) is 2. The molecule has 0 bridgehead atoms. The first-order valence-corrected chi connectivity index (χ1v) is 5.56. The van der Waals surface area contributed by atoms with Crippen LogP contribution in [0, 0.1) is 0 Å². The van der Waals surface area contributed by atoms with E-state index in [-0.39, 0.29) is 12.1 Å². The van der Waals surface area contributed by atoms with Crippen LogP contribution in [-0.2, 0) is 0 Å². The van der Waals surface area contributed by atoms with Gasteiger partial charge in [0.25, 0.3) is 5.91 Å².